The molecule has 0 aromatic heterocycles. The maximum atomic E-state index is 11.5. The molecule has 110 valence electrons. The highest BCUT2D eigenvalue weighted by atomic mass is 35.5. The highest BCUT2D eigenvalue weighted by molar-refractivity contribution is 6.65. The number of unbranched alkanes of at least 4 members (excludes halogenated alkanes) is 6. The topological polar surface area (TPSA) is 43.4 Å². The van der Waals surface area contributed by atoms with Gasteiger partial charge >= 0.3 is 5.97 Å². The van der Waals surface area contributed by atoms with Gasteiger partial charge < -0.3 is 4.74 Å². The highest BCUT2D eigenvalue weighted by Crippen LogP contribution is 2.16. The predicted molar refractivity (Wildman–Crippen MR) is 78.2 cm³/mol. The first-order chi connectivity index (χ1) is 8.90. The van der Waals surface area contributed by atoms with Crippen LogP contribution in [0.25, 0.3) is 0 Å². The van der Waals surface area contributed by atoms with Crippen LogP contribution in [0.3, 0.4) is 0 Å². The maximum Gasteiger partial charge on any atom is 0.306 e. The lowest BCUT2D eigenvalue weighted by molar-refractivity contribution is -0.161. The van der Waals surface area contributed by atoms with Crippen molar-refractivity contribution in [1.29, 1.82) is 0 Å². The number of halogens is 1. The van der Waals surface area contributed by atoms with E-state index in [0.717, 1.165) is 25.7 Å². The van der Waals surface area contributed by atoms with E-state index in [9.17, 15) is 9.59 Å². The molecule has 0 aliphatic carbocycles. The van der Waals surface area contributed by atoms with Crippen LogP contribution in [0.5, 0.6) is 0 Å². The van der Waals surface area contributed by atoms with E-state index < -0.39 is 10.8 Å². The minimum absolute atomic E-state index is 0.347. The minimum atomic E-state index is -1.22. The largest absolute Gasteiger partial charge is 0.450 e. The van der Waals surface area contributed by atoms with E-state index in [2.05, 4.69) is 6.58 Å². The molecule has 4 heteroatoms. The van der Waals surface area contributed by atoms with Crippen molar-refractivity contribution in [3.63, 3.8) is 0 Å². The number of hydrogen-bond donors (Lipinski definition) is 0. The van der Waals surface area contributed by atoms with Gasteiger partial charge in [0.05, 0.1) is 0 Å². The lowest BCUT2D eigenvalue weighted by Gasteiger charge is -2.20. The highest BCUT2D eigenvalue weighted by Gasteiger charge is 2.29. The Morgan fingerprint density at radius 2 is 1.63 bits per heavy atom. The second-order valence-corrected chi connectivity index (χ2v) is 5.55. The summed E-state index contributed by atoms with van der Waals surface area (Å²) in [6.07, 6.45) is 9.90. The molecule has 0 aliphatic heterocycles. The van der Waals surface area contributed by atoms with Gasteiger partial charge in [0.25, 0.3) is 5.24 Å². The third-order valence-electron chi connectivity index (χ3n) is 2.88. The van der Waals surface area contributed by atoms with Crippen LogP contribution in [0, 0.1) is 0 Å². The third-order valence-corrected chi connectivity index (χ3v) is 3.34. The Labute approximate surface area is 121 Å². The van der Waals surface area contributed by atoms with Crippen LogP contribution in [0.4, 0.5) is 0 Å². The zero-order chi connectivity index (χ0) is 14.7. The average molecular weight is 289 g/mol. The van der Waals surface area contributed by atoms with E-state index in [0.29, 0.717) is 6.42 Å². The summed E-state index contributed by atoms with van der Waals surface area (Å²) in [5.74, 6) is -0.356. The zero-order valence-electron chi connectivity index (χ0n) is 12.0. The van der Waals surface area contributed by atoms with Crippen LogP contribution >= 0.6 is 11.6 Å². The maximum absolute atomic E-state index is 11.5. The van der Waals surface area contributed by atoms with Gasteiger partial charge in [-0.15, -0.1) is 6.58 Å². The monoisotopic (exact) mass is 288 g/mol. The van der Waals surface area contributed by atoms with Gasteiger partial charge in [0, 0.05) is 6.42 Å². The summed E-state index contributed by atoms with van der Waals surface area (Å²) in [6.45, 7) is 6.68. The first-order valence-corrected chi connectivity index (χ1v) is 7.30. The fourth-order valence-corrected chi connectivity index (χ4v) is 1.68. The normalized spacial score (nSPS) is 11.1. The molecule has 0 radical (unpaired) electrons. The van der Waals surface area contributed by atoms with Crippen molar-refractivity contribution in [2.45, 2.75) is 70.8 Å². The Bertz CT molecular complexity index is 298. The quantitative estimate of drug-likeness (QED) is 0.245. The van der Waals surface area contributed by atoms with Crippen molar-refractivity contribution in [2.24, 2.45) is 0 Å². The van der Waals surface area contributed by atoms with Crippen LogP contribution in [0.1, 0.15) is 65.2 Å². The molecule has 0 saturated carbocycles. The molecule has 0 rings (SSSR count). The van der Waals surface area contributed by atoms with Gasteiger partial charge in [0.1, 0.15) is 0 Å². The summed E-state index contributed by atoms with van der Waals surface area (Å²) < 4.78 is 5.03. The molecule has 0 amide bonds. The lowest BCUT2D eigenvalue weighted by atomic mass is 10.1. The second kappa shape index (κ2) is 10.0. The summed E-state index contributed by atoms with van der Waals surface area (Å²) in [5, 5.41) is -0.650. The number of allylic oxidation sites excluding steroid dienone is 1. The van der Waals surface area contributed by atoms with Gasteiger partial charge in [-0.2, -0.15) is 0 Å². The van der Waals surface area contributed by atoms with Crippen molar-refractivity contribution < 1.29 is 14.3 Å². The number of ether oxygens (including phenoxy) is 1. The Morgan fingerprint density at radius 1 is 1.11 bits per heavy atom. The molecule has 0 aromatic carbocycles. The molecule has 0 fully saturated rings. The van der Waals surface area contributed by atoms with Crippen molar-refractivity contribution >= 4 is 22.8 Å². The van der Waals surface area contributed by atoms with Gasteiger partial charge in [-0.25, -0.2) is 0 Å². The Balaban J connectivity index is 3.54. The molecule has 0 spiro atoms. The fraction of sp³-hybridized carbons (Fsp3) is 0.733. The van der Waals surface area contributed by atoms with Crippen LogP contribution in [0.2, 0.25) is 0 Å². The molecular weight excluding hydrogens is 264 g/mol. The van der Waals surface area contributed by atoms with Crippen LogP contribution in [-0.4, -0.2) is 16.8 Å². The van der Waals surface area contributed by atoms with E-state index in [1.54, 1.807) is 0 Å². The lowest BCUT2D eigenvalue weighted by Crippen LogP contribution is -2.34. The molecule has 0 aliphatic rings. The Kier molecular flexibility index (Phi) is 9.58. The molecule has 0 atom stereocenters. The van der Waals surface area contributed by atoms with Gasteiger partial charge in [-0.3, -0.25) is 9.59 Å². The summed E-state index contributed by atoms with van der Waals surface area (Å²) in [7, 11) is 0. The summed E-state index contributed by atoms with van der Waals surface area (Å²) in [4.78, 5) is 22.5. The van der Waals surface area contributed by atoms with Crippen molar-refractivity contribution in [3.05, 3.63) is 12.7 Å². The average Bonchev–Trinajstić information content (AvgIpc) is 2.31. The SMILES string of the molecule is C=CCCCCCCCCC(=O)OC(C)(C)C(=O)Cl. The zero-order valence-corrected chi connectivity index (χ0v) is 12.8. The van der Waals surface area contributed by atoms with Crippen molar-refractivity contribution in [3.8, 4) is 0 Å². The first kappa shape index (κ1) is 18.2. The summed E-state index contributed by atoms with van der Waals surface area (Å²) in [6, 6.07) is 0. The van der Waals surface area contributed by atoms with Gasteiger partial charge in [-0.1, -0.05) is 31.8 Å². The van der Waals surface area contributed by atoms with Crippen molar-refractivity contribution in [2.75, 3.05) is 0 Å². The van der Waals surface area contributed by atoms with Gasteiger partial charge in [0.2, 0.25) is 0 Å². The van der Waals surface area contributed by atoms with E-state index in [1.807, 2.05) is 6.08 Å². The fourth-order valence-electron chi connectivity index (χ4n) is 1.64. The first-order valence-electron chi connectivity index (χ1n) is 6.93. The molecule has 3 nitrogen and oxygen atoms in total. The molecule has 0 aromatic rings. The standard InChI is InChI=1S/C15H25ClO3/c1-4-5-6-7-8-9-10-11-12-13(17)19-15(2,3)14(16)18/h4H,1,5-12H2,2-3H3. The van der Waals surface area contributed by atoms with Crippen LogP contribution in [0.15, 0.2) is 12.7 Å². The van der Waals surface area contributed by atoms with E-state index in [-0.39, 0.29) is 5.97 Å². The molecule has 0 saturated heterocycles. The van der Waals surface area contributed by atoms with Gasteiger partial charge in [-0.05, 0) is 44.7 Å². The van der Waals surface area contributed by atoms with Crippen LogP contribution in [-0.2, 0) is 14.3 Å². The number of carbonyl (C=O) groups is 2. The Hall–Kier alpha value is -0.830. The van der Waals surface area contributed by atoms with Crippen LogP contribution < -0.4 is 0 Å². The van der Waals surface area contributed by atoms with E-state index in [1.165, 1.54) is 33.1 Å². The third kappa shape index (κ3) is 9.71. The second-order valence-electron chi connectivity index (χ2n) is 5.21. The summed E-state index contributed by atoms with van der Waals surface area (Å²) >= 11 is 5.33. The number of esters is 1. The molecular formula is C15H25ClO3. The molecule has 0 bridgehead atoms. The van der Waals surface area contributed by atoms with E-state index >= 15 is 0 Å². The van der Waals surface area contributed by atoms with Gasteiger partial charge in [0.15, 0.2) is 5.60 Å². The smallest absolute Gasteiger partial charge is 0.306 e. The number of hydrogen-bond acceptors (Lipinski definition) is 3. The summed E-state index contributed by atoms with van der Waals surface area (Å²) in [5.41, 5.74) is -1.22. The predicted octanol–water partition coefficient (Wildman–Crippen LogP) is 4.38. The van der Waals surface area contributed by atoms with Crippen molar-refractivity contribution in [1.82, 2.24) is 0 Å². The number of carbonyl (C=O) groups excluding carboxylic acids is 2. The van der Waals surface area contributed by atoms with E-state index in [4.69, 9.17) is 16.3 Å². The molecule has 0 N–H and O–H groups in total. The molecule has 19 heavy (non-hydrogen) atoms. The number of rotatable bonds is 11. The minimum Gasteiger partial charge on any atom is -0.450 e. The Morgan fingerprint density at radius 3 is 2.16 bits per heavy atom. The molecule has 0 unspecified atom stereocenters. The molecule has 0 heterocycles.